The van der Waals surface area contributed by atoms with E-state index in [4.69, 9.17) is 4.74 Å². The second kappa shape index (κ2) is 9.02. The van der Waals surface area contributed by atoms with Crippen LogP contribution in [-0.4, -0.2) is 50.4 Å². The second-order valence-corrected chi connectivity index (χ2v) is 9.39. The Hall–Kier alpha value is -3.52. The van der Waals surface area contributed by atoms with Gasteiger partial charge < -0.3 is 15.0 Å². The van der Waals surface area contributed by atoms with Crippen molar-refractivity contribution in [1.29, 1.82) is 0 Å². The Balaban J connectivity index is 1.19. The summed E-state index contributed by atoms with van der Waals surface area (Å²) < 4.78 is 8.16. The summed E-state index contributed by atoms with van der Waals surface area (Å²) >= 11 is 0. The Bertz CT molecular complexity index is 1220. The number of rotatable bonds is 5. The number of ether oxygens (including phenoxy) is 1. The van der Waals surface area contributed by atoms with Crippen molar-refractivity contribution >= 4 is 11.8 Å². The van der Waals surface area contributed by atoms with Crippen LogP contribution in [0, 0.1) is 13.8 Å². The highest BCUT2D eigenvalue weighted by atomic mass is 16.5. The van der Waals surface area contributed by atoms with Gasteiger partial charge in [0.15, 0.2) is 0 Å². The Morgan fingerprint density at radius 2 is 1.91 bits per heavy atom. The predicted octanol–water partition coefficient (Wildman–Crippen LogP) is 2.57. The molecular weight excluding hydrogens is 430 g/mol. The van der Waals surface area contributed by atoms with Crippen molar-refractivity contribution in [2.45, 2.75) is 52.0 Å². The Labute approximate surface area is 198 Å². The lowest BCUT2D eigenvalue weighted by Crippen LogP contribution is -2.45. The zero-order chi connectivity index (χ0) is 23.7. The predicted molar refractivity (Wildman–Crippen MR) is 126 cm³/mol. The third kappa shape index (κ3) is 4.59. The minimum absolute atomic E-state index is 0.119. The maximum atomic E-state index is 12.9. The summed E-state index contributed by atoms with van der Waals surface area (Å²) in [5.74, 6) is -0.0227. The average molecular weight is 460 g/mol. The molecular formula is C26H29N5O3. The lowest BCUT2D eigenvalue weighted by molar-refractivity contribution is -0.132. The van der Waals surface area contributed by atoms with Crippen LogP contribution in [0.15, 0.2) is 48.5 Å². The molecule has 1 aromatic heterocycles. The van der Waals surface area contributed by atoms with Crippen LogP contribution < -0.4 is 5.32 Å². The fourth-order valence-electron chi connectivity index (χ4n) is 4.68. The van der Waals surface area contributed by atoms with E-state index < -0.39 is 5.60 Å². The Kier molecular flexibility index (Phi) is 5.91. The molecule has 2 aliphatic rings. The number of amides is 2. The van der Waals surface area contributed by atoms with Crippen LogP contribution in [0.3, 0.4) is 0 Å². The highest BCUT2D eigenvalue weighted by Gasteiger charge is 2.44. The molecule has 0 bridgehead atoms. The van der Waals surface area contributed by atoms with E-state index in [0.717, 1.165) is 23.2 Å². The molecule has 1 unspecified atom stereocenters. The van der Waals surface area contributed by atoms with Gasteiger partial charge in [-0.1, -0.05) is 52.7 Å². The van der Waals surface area contributed by atoms with Gasteiger partial charge in [0.1, 0.15) is 11.3 Å². The molecule has 1 saturated heterocycles. The second-order valence-electron chi connectivity index (χ2n) is 9.39. The molecule has 8 nitrogen and oxygen atoms in total. The SMILES string of the molecule is Cc1ccc(CC(=O)N2CCC3(C2)Cn2nnc(CNC(=O)c4cccc(C)c4)c2CO3)cc1. The quantitative estimate of drug-likeness (QED) is 0.634. The standard InChI is InChI=1S/C26H29N5O3/c1-18-6-8-20(9-7-18)13-24(32)30-11-10-26(16-30)17-31-23(15-34-26)22(28-29-31)14-27-25(33)21-5-3-4-19(2)12-21/h3-9,12H,10-11,13-17H2,1-2H3,(H,27,33). The first-order valence-corrected chi connectivity index (χ1v) is 11.6. The number of likely N-dealkylation sites (tertiary alicyclic amines) is 1. The van der Waals surface area contributed by atoms with Gasteiger partial charge in [0.2, 0.25) is 5.91 Å². The molecule has 1 spiro atoms. The van der Waals surface area contributed by atoms with E-state index in [2.05, 4.69) is 15.6 Å². The van der Waals surface area contributed by atoms with Gasteiger partial charge in [-0.15, -0.1) is 5.10 Å². The average Bonchev–Trinajstić information content (AvgIpc) is 3.43. The van der Waals surface area contributed by atoms with Crippen LogP contribution >= 0.6 is 0 Å². The number of benzene rings is 2. The van der Waals surface area contributed by atoms with E-state index in [1.54, 1.807) is 6.07 Å². The van der Waals surface area contributed by atoms with Crippen LogP contribution in [0.25, 0.3) is 0 Å². The van der Waals surface area contributed by atoms with Gasteiger partial charge in [0, 0.05) is 12.1 Å². The van der Waals surface area contributed by atoms with E-state index in [0.29, 0.717) is 50.5 Å². The smallest absolute Gasteiger partial charge is 0.251 e. The topological polar surface area (TPSA) is 89.4 Å². The zero-order valence-electron chi connectivity index (χ0n) is 19.6. The zero-order valence-corrected chi connectivity index (χ0v) is 19.6. The monoisotopic (exact) mass is 459 g/mol. The number of carbonyl (C=O) groups is 2. The molecule has 3 heterocycles. The number of hydrogen-bond acceptors (Lipinski definition) is 5. The summed E-state index contributed by atoms with van der Waals surface area (Å²) in [5, 5.41) is 11.5. The van der Waals surface area contributed by atoms with E-state index in [1.807, 2.05) is 65.9 Å². The van der Waals surface area contributed by atoms with Gasteiger partial charge in [-0.05, 0) is 38.0 Å². The maximum absolute atomic E-state index is 12.9. The van der Waals surface area contributed by atoms with Gasteiger partial charge in [-0.3, -0.25) is 9.59 Å². The molecule has 1 fully saturated rings. The van der Waals surface area contributed by atoms with Crippen molar-refractivity contribution in [2.24, 2.45) is 0 Å². The van der Waals surface area contributed by atoms with Crippen molar-refractivity contribution in [3.05, 3.63) is 82.2 Å². The molecule has 2 amide bonds. The fraction of sp³-hybridized carbons (Fsp3) is 0.385. The van der Waals surface area contributed by atoms with Gasteiger partial charge in [-0.2, -0.15) is 0 Å². The number of aromatic nitrogens is 3. The highest BCUT2D eigenvalue weighted by molar-refractivity contribution is 5.94. The lowest BCUT2D eigenvalue weighted by Gasteiger charge is -2.34. The molecule has 0 aliphatic carbocycles. The van der Waals surface area contributed by atoms with Crippen LogP contribution in [0.5, 0.6) is 0 Å². The Morgan fingerprint density at radius 1 is 1.09 bits per heavy atom. The summed E-state index contributed by atoms with van der Waals surface area (Å²) in [6.45, 7) is 6.43. The molecule has 34 heavy (non-hydrogen) atoms. The molecule has 1 atom stereocenters. The maximum Gasteiger partial charge on any atom is 0.251 e. The third-order valence-electron chi connectivity index (χ3n) is 6.71. The van der Waals surface area contributed by atoms with E-state index in [9.17, 15) is 9.59 Å². The molecule has 2 aliphatic heterocycles. The minimum atomic E-state index is -0.439. The highest BCUT2D eigenvalue weighted by Crippen LogP contribution is 2.33. The lowest BCUT2D eigenvalue weighted by atomic mass is 10.0. The number of fused-ring (bicyclic) bond motifs is 1. The Morgan fingerprint density at radius 3 is 2.71 bits per heavy atom. The normalized spacial score (nSPS) is 19.3. The fourth-order valence-corrected chi connectivity index (χ4v) is 4.68. The number of aryl methyl sites for hydroxylation is 2. The summed E-state index contributed by atoms with van der Waals surface area (Å²) in [4.78, 5) is 27.2. The summed E-state index contributed by atoms with van der Waals surface area (Å²) in [6.07, 6.45) is 1.17. The summed E-state index contributed by atoms with van der Waals surface area (Å²) in [5.41, 5.74) is 5.02. The van der Waals surface area contributed by atoms with Gasteiger partial charge in [0.05, 0.1) is 38.4 Å². The first-order chi connectivity index (χ1) is 16.4. The molecule has 0 radical (unpaired) electrons. The summed E-state index contributed by atoms with van der Waals surface area (Å²) in [7, 11) is 0. The minimum Gasteiger partial charge on any atom is -0.365 e. The molecule has 3 aromatic rings. The van der Waals surface area contributed by atoms with Crippen molar-refractivity contribution in [1.82, 2.24) is 25.2 Å². The van der Waals surface area contributed by atoms with Crippen LogP contribution in [0.4, 0.5) is 0 Å². The number of nitrogens with one attached hydrogen (secondary N) is 1. The molecule has 8 heteroatoms. The van der Waals surface area contributed by atoms with Crippen molar-refractivity contribution in [3.63, 3.8) is 0 Å². The molecule has 1 N–H and O–H groups in total. The first kappa shape index (κ1) is 22.3. The van der Waals surface area contributed by atoms with Gasteiger partial charge in [-0.25, -0.2) is 4.68 Å². The van der Waals surface area contributed by atoms with E-state index >= 15 is 0 Å². The molecule has 0 saturated carbocycles. The van der Waals surface area contributed by atoms with E-state index in [-0.39, 0.29) is 11.8 Å². The van der Waals surface area contributed by atoms with Crippen molar-refractivity contribution in [3.8, 4) is 0 Å². The summed E-state index contributed by atoms with van der Waals surface area (Å²) in [6, 6.07) is 15.6. The molecule has 2 aromatic carbocycles. The largest absolute Gasteiger partial charge is 0.365 e. The van der Waals surface area contributed by atoms with Crippen LogP contribution in [-0.2, 0) is 35.6 Å². The first-order valence-electron chi connectivity index (χ1n) is 11.6. The number of carbonyl (C=O) groups excluding carboxylic acids is 2. The van der Waals surface area contributed by atoms with Gasteiger partial charge >= 0.3 is 0 Å². The van der Waals surface area contributed by atoms with Crippen LogP contribution in [0.2, 0.25) is 0 Å². The van der Waals surface area contributed by atoms with Crippen molar-refractivity contribution in [2.75, 3.05) is 13.1 Å². The van der Waals surface area contributed by atoms with Crippen molar-refractivity contribution < 1.29 is 14.3 Å². The number of nitrogens with zero attached hydrogens (tertiary/aromatic N) is 4. The molecule has 5 rings (SSSR count). The van der Waals surface area contributed by atoms with E-state index in [1.165, 1.54) is 5.56 Å². The van der Waals surface area contributed by atoms with Gasteiger partial charge in [0.25, 0.3) is 5.91 Å². The van der Waals surface area contributed by atoms with Crippen LogP contribution in [0.1, 0.15) is 44.9 Å². The third-order valence-corrected chi connectivity index (χ3v) is 6.71. The molecule has 176 valence electrons. The number of hydrogen-bond donors (Lipinski definition) is 1.